The minimum Gasteiger partial charge on any atom is -0.507 e. The zero-order chi connectivity index (χ0) is 22.1. The number of hydrogen-bond acceptors (Lipinski definition) is 4. The molecule has 5 nitrogen and oxygen atoms in total. The molecule has 1 amide bonds. The van der Waals surface area contributed by atoms with Gasteiger partial charge in [-0.2, -0.15) is 0 Å². The lowest BCUT2D eigenvalue weighted by atomic mass is 9.95. The molecule has 0 saturated carbocycles. The van der Waals surface area contributed by atoms with Crippen LogP contribution in [0.3, 0.4) is 0 Å². The Hall–Kier alpha value is -3.15. The maximum atomic E-state index is 13.0. The summed E-state index contributed by atoms with van der Waals surface area (Å²) in [6.45, 7) is 2.07. The van der Waals surface area contributed by atoms with Gasteiger partial charge in [-0.15, -0.1) is 0 Å². The number of benzene rings is 2. The number of aliphatic hydroxyl groups excluding tert-OH is 1. The van der Waals surface area contributed by atoms with Crippen molar-refractivity contribution >= 4 is 40.7 Å². The quantitative estimate of drug-likeness (QED) is 0.330. The summed E-state index contributed by atoms with van der Waals surface area (Å²) < 4.78 is 0. The number of pyridine rings is 1. The van der Waals surface area contributed by atoms with Crippen LogP contribution >= 0.6 is 23.2 Å². The number of aryl methyl sites for hydroxylation is 1. The van der Waals surface area contributed by atoms with Gasteiger partial charge < -0.3 is 10.0 Å². The fourth-order valence-electron chi connectivity index (χ4n) is 3.63. The predicted octanol–water partition coefficient (Wildman–Crippen LogP) is 5.32. The van der Waals surface area contributed by atoms with Gasteiger partial charge in [-0.25, -0.2) is 0 Å². The third-order valence-electron chi connectivity index (χ3n) is 5.20. The Bertz CT molecular complexity index is 1190. The molecule has 0 bridgehead atoms. The van der Waals surface area contributed by atoms with Crippen LogP contribution in [0.15, 0.2) is 72.6 Å². The van der Waals surface area contributed by atoms with Crippen molar-refractivity contribution in [2.24, 2.45) is 0 Å². The van der Waals surface area contributed by atoms with Crippen molar-refractivity contribution in [3.05, 3.63) is 105 Å². The number of likely N-dealkylation sites (tertiary alicyclic amines) is 1. The van der Waals surface area contributed by atoms with Gasteiger partial charge in [-0.3, -0.25) is 14.6 Å². The Morgan fingerprint density at radius 1 is 1.06 bits per heavy atom. The molecule has 1 saturated heterocycles. The van der Waals surface area contributed by atoms with Gasteiger partial charge in [0.25, 0.3) is 11.7 Å². The Balaban J connectivity index is 1.88. The topological polar surface area (TPSA) is 70.5 Å². The first-order valence-corrected chi connectivity index (χ1v) is 10.3. The molecule has 31 heavy (non-hydrogen) atoms. The van der Waals surface area contributed by atoms with Crippen LogP contribution in [0, 0.1) is 6.92 Å². The van der Waals surface area contributed by atoms with Crippen molar-refractivity contribution in [3.8, 4) is 0 Å². The number of ketones is 1. The lowest BCUT2D eigenvalue weighted by Gasteiger charge is -2.25. The zero-order valence-corrected chi connectivity index (χ0v) is 18.1. The van der Waals surface area contributed by atoms with Crippen LogP contribution in [-0.4, -0.2) is 26.7 Å². The number of carbonyl (C=O) groups is 2. The SMILES string of the molecule is Cc1ccc(/C(O)=C2/C(=O)C(=O)N(Cc3cccnc3)C2c2ccc(Cl)c(Cl)c2)cc1. The standard InChI is InChI=1S/C24H18Cl2N2O3/c1-14-4-6-16(7-5-14)22(29)20-21(17-8-9-18(25)19(26)11-17)28(24(31)23(20)30)13-15-3-2-10-27-12-15/h2-12,21,29H,13H2,1H3/b22-20-. The third kappa shape index (κ3) is 4.07. The van der Waals surface area contributed by atoms with Crippen molar-refractivity contribution in [2.45, 2.75) is 19.5 Å². The van der Waals surface area contributed by atoms with Crippen LogP contribution in [0.5, 0.6) is 0 Å². The Morgan fingerprint density at radius 3 is 2.45 bits per heavy atom. The van der Waals surface area contributed by atoms with Crippen molar-refractivity contribution in [1.82, 2.24) is 9.88 Å². The van der Waals surface area contributed by atoms with Crippen LogP contribution in [0.1, 0.15) is 28.3 Å². The number of aromatic nitrogens is 1. The highest BCUT2D eigenvalue weighted by atomic mass is 35.5. The van der Waals surface area contributed by atoms with Gasteiger partial charge in [0.05, 0.1) is 21.7 Å². The Kier molecular flexibility index (Phi) is 5.81. The molecule has 1 fully saturated rings. The maximum Gasteiger partial charge on any atom is 0.295 e. The molecular weight excluding hydrogens is 435 g/mol. The molecular formula is C24H18Cl2N2O3. The molecule has 0 aliphatic carbocycles. The first-order chi connectivity index (χ1) is 14.9. The Labute approximate surface area is 189 Å². The largest absolute Gasteiger partial charge is 0.507 e. The van der Waals surface area contributed by atoms with Crippen molar-refractivity contribution in [2.75, 3.05) is 0 Å². The number of hydrogen-bond donors (Lipinski definition) is 1. The number of amides is 1. The second kappa shape index (κ2) is 8.53. The first kappa shape index (κ1) is 21.1. The summed E-state index contributed by atoms with van der Waals surface area (Å²) in [6.07, 6.45) is 3.26. The molecule has 1 N–H and O–H groups in total. The van der Waals surface area contributed by atoms with Crippen LogP contribution in [-0.2, 0) is 16.1 Å². The summed E-state index contributed by atoms with van der Waals surface area (Å²) in [7, 11) is 0. The van der Waals surface area contributed by atoms with Gasteiger partial charge in [-0.1, -0.05) is 65.2 Å². The predicted molar refractivity (Wildman–Crippen MR) is 120 cm³/mol. The fraction of sp³-hybridized carbons (Fsp3) is 0.125. The highest BCUT2D eigenvalue weighted by Gasteiger charge is 2.46. The lowest BCUT2D eigenvalue weighted by molar-refractivity contribution is -0.140. The third-order valence-corrected chi connectivity index (χ3v) is 5.94. The van der Waals surface area contributed by atoms with Crippen molar-refractivity contribution in [1.29, 1.82) is 0 Å². The minimum absolute atomic E-state index is 0.0103. The van der Waals surface area contributed by atoms with Gasteiger partial charge >= 0.3 is 0 Å². The second-order valence-corrected chi connectivity index (χ2v) is 8.14. The van der Waals surface area contributed by atoms with Crippen molar-refractivity contribution < 1.29 is 14.7 Å². The van der Waals surface area contributed by atoms with E-state index in [1.807, 2.05) is 25.1 Å². The summed E-state index contributed by atoms with van der Waals surface area (Å²) in [6, 6.07) is 14.7. The van der Waals surface area contributed by atoms with Gasteiger partial charge in [-0.05, 0) is 36.2 Å². The van der Waals surface area contributed by atoms with E-state index in [0.717, 1.165) is 11.1 Å². The zero-order valence-electron chi connectivity index (χ0n) is 16.5. The fourth-order valence-corrected chi connectivity index (χ4v) is 3.93. The van der Waals surface area contributed by atoms with Gasteiger partial charge in [0.1, 0.15) is 5.76 Å². The van der Waals surface area contributed by atoms with Gasteiger partial charge in [0, 0.05) is 24.5 Å². The first-order valence-electron chi connectivity index (χ1n) is 9.56. The van der Waals surface area contributed by atoms with E-state index in [9.17, 15) is 14.7 Å². The van der Waals surface area contributed by atoms with E-state index in [-0.39, 0.29) is 17.9 Å². The number of nitrogens with zero attached hydrogens (tertiary/aromatic N) is 2. The number of aliphatic hydroxyl groups is 1. The highest BCUT2D eigenvalue weighted by molar-refractivity contribution is 6.46. The summed E-state index contributed by atoms with van der Waals surface area (Å²) in [4.78, 5) is 31.5. The molecule has 1 aliphatic heterocycles. The second-order valence-electron chi connectivity index (χ2n) is 7.33. The number of Topliss-reactive ketones (excluding diaryl/α,β-unsaturated/α-hetero) is 1. The van der Waals surface area contributed by atoms with E-state index in [1.54, 1.807) is 48.8 Å². The summed E-state index contributed by atoms with van der Waals surface area (Å²) in [5, 5.41) is 11.7. The number of halogens is 2. The van der Waals surface area contributed by atoms with E-state index in [2.05, 4.69) is 4.98 Å². The summed E-state index contributed by atoms with van der Waals surface area (Å²) >= 11 is 12.3. The van der Waals surface area contributed by atoms with E-state index in [4.69, 9.17) is 23.2 Å². The Morgan fingerprint density at radius 2 is 1.81 bits per heavy atom. The van der Waals surface area contributed by atoms with E-state index >= 15 is 0 Å². The molecule has 0 spiro atoms. The molecule has 3 aromatic rings. The van der Waals surface area contributed by atoms with Crippen LogP contribution in [0.4, 0.5) is 0 Å². The molecule has 1 aliphatic rings. The molecule has 1 unspecified atom stereocenters. The highest BCUT2D eigenvalue weighted by Crippen LogP contribution is 2.41. The van der Waals surface area contributed by atoms with E-state index < -0.39 is 17.7 Å². The van der Waals surface area contributed by atoms with Gasteiger partial charge in [0.2, 0.25) is 0 Å². The summed E-state index contributed by atoms with van der Waals surface area (Å²) in [5.74, 6) is -1.69. The smallest absolute Gasteiger partial charge is 0.295 e. The minimum atomic E-state index is -0.823. The average molecular weight is 453 g/mol. The molecule has 1 aromatic heterocycles. The van der Waals surface area contributed by atoms with Gasteiger partial charge in [0.15, 0.2) is 0 Å². The van der Waals surface area contributed by atoms with Crippen LogP contribution < -0.4 is 0 Å². The molecule has 2 heterocycles. The normalized spacial score (nSPS) is 17.9. The molecule has 7 heteroatoms. The average Bonchev–Trinajstić information content (AvgIpc) is 3.01. The number of rotatable bonds is 4. The molecule has 2 aromatic carbocycles. The van der Waals surface area contributed by atoms with E-state index in [0.29, 0.717) is 21.2 Å². The molecule has 0 radical (unpaired) electrons. The molecule has 156 valence electrons. The van der Waals surface area contributed by atoms with Crippen molar-refractivity contribution in [3.63, 3.8) is 0 Å². The monoisotopic (exact) mass is 452 g/mol. The van der Waals surface area contributed by atoms with Crippen LogP contribution in [0.25, 0.3) is 5.76 Å². The summed E-state index contributed by atoms with van der Waals surface area (Å²) in [5.41, 5.74) is 2.80. The molecule has 1 atom stereocenters. The van der Waals surface area contributed by atoms with Crippen LogP contribution in [0.2, 0.25) is 10.0 Å². The maximum absolute atomic E-state index is 13.0. The lowest BCUT2D eigenvalue weighted by Crippen LogP contribution is -2.29. The van der Waals surface area contributed by atoms with E-state index in [1.165, 1.54) is 4.90 Å². The number of carbonyl (C=O) groups excluding carboxylic acids is 2. The molecule has 4 rings (SSSR count).